The van der Waals surface area contributed by atoms with E-state index in [1.807, 2.05) is 49.0 Å². The highest BCUT2D eigenvalue weighted by molar-refractivity contribution is 5.89. The smallest absolute Gasteiger partial charge is 0.319 e. The molecule has 0 radical (unpaired) electrons. The molecule has 1 atom stereocenters. The molecule has 0 bridgehead atoms. The molecule has 6 heteroatoms. The molecular weight excluding hydrogens is 266 g/mol. The van der Waals surface area contributed by atoms with Gasteiger partial charge in [-0.2, -0.15) is 0 Å². The number of imidazole rings is 1. The predicted octanol–water partition coefficient (Wildman–Crippen LogP) is 1.80. The number of urea groups is 1. The van der Waals surface area contributed by atoms with Gasteiger partial charge >= 0.3 is 6.03 Å². The van der Waals surface area contributed by atoms with E-state index in [2.05, 4.69) is 15.6 Å². The summed E-state index contributed by atoms with van der Waals surface area (Å²) >= 11 is 0. The second-order valence-corrected chi connectivity index (χ2v) is 5.00. The summed E-state index contributed by atoms with van der Waals surface area (Å²) in [5.74, 6) is 0.941. The first-order valence-corrected chi connectivity index (χ1v) is 6.93. The molecule has 1 heterocycles. The molecule has 0 aliphatic rings. The van der Waals surface area contributed by atoms with Gasteiger partial charge < -0.3 is 20.9 Å². The zero-order valence-corrected chi connectivity index (χ0v) is 12.3. The number of hydrogen-bond donors (Lipinski definition) is 3. The average molecular weight is 287 g/mol. The van der Waals surface area contributed by atoms with E-state index >= 15 is 0 Å². The Morgan fingerprint density at radius 2 is 2.10 bits per heavy atom. The summed E-state index contributed by atoms with van der Waals surface area (Å²) < 4.78 is 1.94. The van der Waals surface area contributed by atoms with Crippen LogP contribution in [0.1, 0.15) is 24.4 Å². The van der Waals surface area contributed by atoms with E-state index < -0.39 is 0 Å². The Balaban J connectivity index is 1.78. The molecule has 0 aliphatic carbocycles. The van der Waals surface area contributed by atoms with E-state index in [1.165, 1.54) is 0 Å². The molecule has 2 rings (SSSR count). The number of carbonyl (C=O) groups excluding carboxylic acids is 1. The molecule has 1 aromatic carbocycles. The molecule has 1 aromatic heterocycles. The summed E-state index contributed by atoms with van der Waals surface area (Å²) in [4.78, 5) is 16.0. The third kappa shape index (κ3) is 4.32. The second-order valence-electron chi connectivity index (χ2n) is 5.00. The van der Waals surface area contributed by atoms with Crippen LogP contribution in [0.4, 0.5) is 10.5 Å². The lowest BCUT2D eigenvalue weighted by atomic mass is 10.1. The first kappa shape index (κ1) is 15.1. The van der Waals surface area contributed by atoms with Gasteiger partial charge in [0, 0.05) is 44.1 Å². The largest absolute Gasteiger partial charge is 0.338 e. The molecule has 2 aromatic rings. The Labute approximate surface area is 124 Å². The molecule has 0 saturated heterocycles. The summed E-state index contributed by atoms with van der Waals surface area (Å²) in [5, 5.41) is 5.59. The molecule has 1 unspecified atom stereocenters. The third-order valence-corrected chi connectivity index (χ3v) is 3.25. The van der Waals surface area contributed by atoms with Crippen molar-refractivity contribution < 1.29 is 4.79 Å². The molecular formula is C15H21N5O. The molecule has 21 heavy (non-hydrogen) atoms. The van der Waals surface area contributed by atoms with Crippen molar-refractivity contribution in [3.63, 3.8) is 0 Å². The van der Waals surface area contributed by atoms with Gasteiger partial charge in [0.15, 0.2) is 0 Å². The van der Waals surface area contributed by atoms with Gasteiger partial charge in [-0.15, -0.1) is 0 Å². The van der Waals surface area contributed by atoms with E-state index in [1.54, 1.807) is 6.20 Å². The molecule has 0 aliphatic heterocycles. The maximum absolute atomic E-state index is 11.8. The summed E-state index contributed by atoms with van der Waals surface area (Å²) in [6.45, 7) is 2.46. The van der Waals surface area contributed by atoms with Crippen LogP contribution in [-0.2, 0) is 13.5 Å². The SMILES string of the molecule is CC(N)c1ccc(NC(=O)NCCc2nccn2C)cc1. The van der Waals surface area contributed by atoms with Crippen LogP contribution in [0.3, 0.4) is 0 Å². The monoisotopic (exact) mass is 287 g/mol. The maximum Gasteiger partial charge on any atom is 0.319 e. The summed E-state index contributed by atoms with van der Waals surface area (Å²) in [5.41, 5.74) is 7.56. The number of carbonyl (C=O) groups is 1. The van der Waals surface area contributed by atoms with E-state index in [0.29, 0.717) is 13.0 Å². The van der Waals surface area contributed by atoms with Crippen LogP contribution in [0.25, 0.3) is 0 Å². The van der Waals surface area contributed by atoms with Crippen LogP contribution in [-0.4, -0.2) is 22.1 Å². The van der Waals surface area contributed by atoms with Crippen LogP contribution >= 0.6 is 0 Å². The van der Waals surface area contributed by atoms with Crippen LogP contribution in [0.15, 0.2) is 36.7 Å². The molecule has 0 fully saturated rings. The molecule has 0 saturated carbocycles. The van der Waals surface area contributed by atoms with Crippen molar-refractivity contribution in [2.24, 2.45) is 12.8 Å². The van der Waals surface area contributed by atoms with Gasteiger partial charge in [0.2, 0.25) is 0 Å². The minimum absolute atomic E-state index is 0.00865. The van der Waals surface area contributed by atoms with Crippen molar-refractivity contribution >= 4 is 11.7 Å². The van der Waals surface area contributed by atoms with Crippen molar-refractivity contribution in [3.8, 4) is 0 Å². The molecule has 112 valence electrons. The third-order valence-electron chi connectivity index (χ3n) is 3.25. The number of hydrogen-bond acceptors (Lipinski definition) is 3. The van der Waals surface area contributed by atoms with Crippen LogP contribution in [0, 0.1) is 0 Å². The number of benzene rings is 1. The summed E-state index contributed by atoms with van der Waals surface area (Å²) in [6, 6.07) is 7.28. The first-order valence-electron chi connectivity index (χ1n) is 6.93. The zero-order valence-electron chi connectivity index (χ0n) is 12.3. The fourth-order valence-corrected chi connectivity index (χ4v) is 1.97. The van der Waals surface area contributed by atoms with Crippen molar-refractivity contribution in [1.82, 2.24) is 14.9 Å². The van der Waals surface area contributed by atoms with Crippen molar-refractivity contribution in [2.75, 3.05) is 11.9 Å². The average Bonchev–Trinajstić information content (AvgIpc) is 2.85. The topological polar surface area (TPSA) is 85.0 Å². The molecule has 2 amide bonds. The Kier molecular flexibility index (Phi) is 4.94. The molecule has 0 spiro atoms. The van der Waals surface area contributed by atoms with E-state index in [4.69, 9.17) is 5.73 Å². The minimum Gasteiger partial charge on any atom is -0.338 e. The summed E-state index contributed by atoms with van der Waals surface area (Å²) in [7, 11) is 1.93. The number of amides is 2. The van der Waals surface area contributed by atoms with Crippen molar-refractivity contribution in [3.05, 3.63) is 48.0 Å². The van der Waals surface area contributed by atoms with Crippen LogP contribution in [0.5, 0.6) is 0 Å². The quantitative estimate of drug-likeness (QED) is 0.784. The highest BCUT2D eigenvalue weighted by atomic mass is 16.2. The van der Waals surface area contributed by atoms with Gasteiger partial charge in [0.25, 0.3) is 0 Å². The lowest BCUT2D eigenvalue weighted by molar-refractivity contribution is 0.252. The lowest BCUT2D eigenvalue weighted by Crippen LogP contribution is -2.30. The second kappa shape index (κ2) is 6.90. The summed E-state index contributed by atoms with van der Waals surface area (Å²) in [6.07, 6.45) is 4.32. The minimum atomic E-state index is -0.224. The maximum atomic E-state index is 11.8. The van der Waals surface area contributed by atoms with Crippen LogP contribution in [0.2, 0.25) is 0 Å². The predicted molar refractivity (Wildman–Crippen MR) is 83.0 cm³/mol. The Morgan fingerprint density at radius 3 is 2.67 bits per heavy atom. The zero-order chi connectivity index (χ0) is 15.2. The number of nitrogens with two attached hydrogens (primary N) is 1. The number of aryl methyl sites for hydroxylation is 1. The highest BCUT2D eigenvalue weighted by Gasteiger charge is 2.04. The van der Waals surface area contributed by atoms with Gasteiger partial charge in [-0.1, -0.05) is 12.1 Å². The number of anilines is 1. The number of nitrogens with one attached hydrogen (secondary N) is 2. The van der Waals surface area contributed by atoms with Gasteiger partial charge in [0.1, 0.15) is 5.82 Å². The lowest BCUT2D eigenvalue weighted by Gasteiger charge is -2.09. The van der Waals surface area contributed by atoms with Gasteiger partial charge in [-0.25, -0.2) is 9.78 Å². The Bertz CT molecular complexity index is 588. The van der Waals surface area contributed by atoms with Crippen LogP contribution < -0.4 is 16.4 Å². The molecule has 4 N–H and O–H groups in total. The van der Waals surface area contributed by atoms with E-state index in [9.17, 15) is 4.79 Å². The number of nitrogens with zero attached hydrogens (tertiary/aromatic N) is 2. The van der Waals surface area contributed by atoms with Gasteiger partial charge in [0.05, 0.1) is 0 Å². The fraction of sp³-hybridized carbons (Fsp3) is 0.333. The number of rotatable bonds is 5. The fourth-order valence-electron chi connectivity index (χ4n) is 1.97. The van der Waals surface area contributed by atoms with Gasteiger partial charge in [-0.05, 0) is 24.6 Å². The molecule has 6 nitrogen and oxygen atoms in total. The highest BCUT2D eigenvalue weighted by Crippen LogP contribution is 2.13. The Hall–Kier alpha value is -2.34. The van der Waals surface area contributed by atoms with Crippen molar-refractivity contribution in [2.45, 2.75) is 19.4 Å². The number of aromatic nitrogens is 2. The van der Waals surface area contributed by atoms with E-state index in [0.717, 1.165) is 17.1 Å². The first-order chi connectivity index (χ1) is 10.1. The standard InChI is InChI=1S/C15H21N5O/c1-11(16)12-3-5-13(6-4-12)19-15(21)18-8-7-14-17-9-10-20(14)2/h3-6,9-11H,7-8,16H2,1-2H3,(H2,18,19,21). The van der Waals surface area contributed by atoms with Crippen molar-refractivity contribution in [1.29, 1.82) is 0 Å². The normalized spacial score (nSPS) is 12.0. The van der Waals surface area contributed by atoms with E-state index in [-0.39, 0.29) is 12.1 Å². The Morgan fingerprint density at radius 1 is 1.38 bits per heavy atom. The van der Waals surface area contributed by atoms with Gasteiger partial charge in [-0.3, -0.25) is 0 Å².